The highest BCUT2D eigenvalue weighted by atomic mass is 16.3. The summed E-state index contributed by atoms with van der Waals surface area (Å²) in [6.07, 6.45) is 1.60. The van der Waals surface area contributed by atoms with E-state index >= 15 is 0 Å². The van der Waals surface area contributed by atoms with Crippen LogP contribution in [-0.2, 0) is 6.54 Å². The topological polar surface area (TPSA) is 45.5 Å². The van der Waals surface area contributed by atoms with Gasteiger partial charge in [-0.25, -0.2) is 0 Å². The van der Waals surface area contributed by atoms with E-state index in [2.05, 4.69) is 24.1 Å². The zero-order chi connectivity index (χ0) is 14.4. The van der Waals surface area contributed by atoms with Crippen molar-refractivity contribution in [3.8, 4) is 0 Å². The number of carbonyl (C=O) groups excluding carboxylic acids is 1. The number of amides is 1. The number of anilines is 1. The maximum absolute atomic E-state index is 12.0. The number of nitrogens with one attached hydrogen (secondary N) is 1. The lowest BCUT2D eigenvalue weighted by molar-refractivity contribution is 0.0948. The first kappa shape index (κ1) is 14.2. The average molecular weight is 272 g/mol. The van der Waals surface area contributed by atoms with Gasteiger partial charge in [0, 0.05) is 24.3 Å². The van der Waals surface area contributed by atoms with Gasteiger partial charge in [-0.3, -0.25) is 4.79 Å². The summed E-state index contributed by atoms with van der Waals surface area (Å²) in [5.41, 5.74) is 1.80. The van der Waals surface area contributed by atoms with Crippen molar-refractivity contribution in [1.29, 1.82) is 0 Å². The van der Waals surface area contributed by atoms with Crippen molar-refractivity contribution >= 4 is 11.6 Å². The molecule has 0 fully saturated rings. The molecule has 1 aromatic carbocycles. The summed E-state index contributed by atoms with van der Waals surface area (Å²) < 4.78 is 5.18. The summed E-state index contributed by atoms with van der Waals surface area (Å²) in [5.74, 6) is 0.658. The van der Waals surface area contributed by atoms with Gasteiger partial charge in [0.15, 0.2) is 0 Å². The lowest BCUT2D eigenvalue weighted by atomic mass is 10.2. The minimum Gasteiger partial charge on any atom is -0.467 e. The van der Waals surface area contributed by atoms with E-state index in [0.717, 1.165) is 24.5 Å². The molecule has 0 atom stereocenters. The van der Waals surface area contributed by atoms with Gasteiger partial charge in [0.1, 0.15) is 5.76 Å². The van der Waals surface area contributed by atoms with Crippen LogP contribution in [0.4, 0.5) is 5.69 Å². The molecule has 0 saturated carbocycles. The van der Waals surface area contributed by atoms with Crippen LogP contribution >= 0.6 is 0 Å². The van der Waals surface area contributed by atoms with Crippen LogP contribution in [0.1, 0.15) is 30.0 Å². The highest BCUT2D eigenvalue weighted by Gasteiger charge is 2.07. The van der Waals surface area contributed by atoms with E-state index in [-0.39, 0.29) is 5.91 Å². The maximum atomic E-state index is 12.0. The van der Waals surface area contributed by atoms with Crippen LogP contribution < -0.4 is 10.2 Å². The molecule has 2 aromatic rings. The fourth-order valence-electron chi connectivity index (χ4n) is 2.09. The Hall–Kier alpha value is -2.23. The molecule has 0 aliphatic heterocycles. The van der Waals surface area contributed by atoms with Gasteiger partial charge in [0.05, 0.1) is 12.8 Å². The summed E-state index contributed by atoms with van der Waals surface area (Å²) in [4.78, 5) is 14.2. The predicted octanol–water partition coefficient (Wildman–Crippen LogP) is 3.06. The monoisotopic (exact) mass is 272 g/mol. The van der Waals surface area contributed by atoms with E-state index in [1.807, 2.05) is 30.3 Å². The third-order valence-electron chi connectivity index (χ3n) is 3.26. The molecule has 1 amide bonds. The van der Waals surface area contributed by atoms with Gasteiger partial charge in [0.2, 0.25) is 0 Å². The number of hydrogen-bond donors (Lipinski definition) is 1. The molecule has 4 heteroatoms. The van der Waals surface area contributed by atoms with Crippen molar-refractivity contribution in [3.63, 3.8) is 0 Å². The zero-order valence-electron chi connectivity index (χ0n) is 11.9. The van der Waals surface area contributed by atoms with E-state index < -0.39 is 0 Å². The number of carbonyl (C=O) groups is 1. The number of nitrogens with zero attached hydrogens (tertiary/aromatic N) is 1. The lowest BCUT2D eigenvalue weighted by Crippen LogP contribution is -2.23. The minimum absolute atomic E-state index is 0.0903. The van der Waals surface area contributed by atoms with E-state index in [1.165, 1.54) is 0 Å². The van der Waals surface area contributed by atoms with Crippen molar-refractivity contribution in [2.75, 3.05) is 18.0 Å². The molecular weight excluding hydrogens is 252 g/mol. The van der Waals surface area contributed by atoms with Crippen LogP contribution in [0.25, 0.3) is 0 Å². The van der Waals surface area contributed by atoms with E-state index in [0.29, 0.717) is 12.1 Å². The van der Waals surface area contributed by atoms with Crippen molar-refractivity contribution in [3.05, 3.63) is 54.0 Å². The summed E-state index contributed by atoms with van der Waals surface area (Å²) in [5, 5.41) is 2.83. The Morgan fingerprint density at radius 3 is 2.40 bits per heavy atom. The van der Waals surface area contributed by atoms with Crippen molar-refractivity contribution in [1.82, 2.24) is 5.32 Å². The zero-order valence-corrected chi connectivity index (χ0v) is 11.9. The Labute approximate surface area is 119 Å². The van der Waals surface area contributed by atoms with Crippen molar-refractivity contribution in [2.45, 2.75) is 20.4 Å². The van der Waals surface area contributed by atoms with Crippen LogP contribution in [0.3, 0.4) is 0 Å². The lowest BCUT2D eigenvalue weighted by Gasteiger charge is -2.21. The van der Waals surface area contributed by atoms with E-state index in [4.69, 9.17) is 4.42 Å². The molecule has 0 spiro atoms. The predicted molar refractivity (Wildman–Crippen MR) is 79.9 cm³/mol. The normalized spacial score (nSPS) is 10.3. The molecule has 0 bridgehead atoms. The highest BCUT2D eigenvalue weighted by molar-refractivity contribution is 5.94. The van der Waals surface area contributed by atoms with Crippen LogP contribution in [0.15, 0.2) is 47.1 Å². The molecule has 1 aromatic heterocycles. The number of furan rings is 1. The second-order valence-corrected chi connectivity index (χ2v) is 4.48. The van der Waals surface area contributed by atoms with Gasteiger partial charge in [-0.05, 0) is 50.2 Å². The van der Waals surface area contributed by atoms with Gasteiger partial charge in [0.25, 0.3) is 5.91 Å². The van der Waals surface area contributed by atoms with E-state index in [1.54, 1.807) is 12.3 Å². The van der Waals surface area contributed by atoms with Crippen molar-refractivity contribution in [2.24, 2.45) is 0 Å². The Morgan fingerprint density at radius 1 is 1.15 bits per heavy atom. The van der Waals surface area contributed by atoms with Gasteiger partial charge >= 0.3 is 0 Å². The van der Waals surface area contributed by atoms with Gasteiger partial charge in [-0.15, -0.1) is 0 Å². The molecule has 0 aliphatic rings. The second kappa shape index (κ2) is 6.80. The van der Waals surface area contributed by atoms with Crippen LogP contribution in [0, 0.1) is 0 Å². The Bertz CT molecular complexity index is 528. The molecule has 4 nitrogen and oxygen atoms in total. The molecule has 0 saturated heterocycles. The summed E-state index contributed by atoms with van der Waals surface area (Å²) >= 11 is 0. The first-order chi connectivity index (χ1) is 9.74. The fraction of sp³-hybridized carbons (Fsp3) is 0.312. The summed E-state index contributed by atoms with van der Waals surface area (Å²) in [6.45, 7) is 6.56. The molecule has 0 radical (unpaired) electrons. The highest BCUT2D eigenvalue weighted by Crippen LogP contribution is 2.15. The largest absolute Gasteiger partial charge is 0.467 e. The fourth-order valence-corrected chi connectivity index (χ4v) is 2.09. The maximum Gasteiger partial charge on any atom is 0.251 e. The third-order valence-corrected chi connectivity index (χ3v) is 3.26. The van der Waals surface area contributed by atoms with E-state index in [9.17, 15) is 4.79 Å². The summed E-state index contributed by atoms with van der Waals surface area (Å²) in [6, 6.07) is 11.3. The molecule has 0 aliphatic carbocycles. The summed E-state index contributed by atoms with van der Waals surface area (Å²) in [7, 11) is 0. The first-order valence-electron chi connectivity index (χ1n) is 6.90. The van der Waals surface area contributed by atoms with Crippen LogP contribution in [-0.4, -0.2) is 19.0 Å². The van der Waals surface area contributed by atoms with Crippen LogP contribution in [0.2, 0.25) is 0 Å². The minimum atomic E-state index is -0.0903. The molecular formula is C16H20N2O2. The quantitative estimate of drug-likeness (QED) is 0.879. The third kappa shape index (κ3) is 3.41. The number of rotatable bonds is 6. The Morgan fingerprint density at radius 2 is 1.85 bits per heavy atom. The standard InChI is InChI=1S/C16H20N2O2/c1-3-18(4-2)14-9-7-13(8-10-14)16(19)17-12-15-6-5-11-20-15/h5-11H,3-4,12H2,1-2H3,(H,17,19). The first-order valence-corrected chi connectivity index (χ1v) is 6.90. The SMILES string of the molecule is CCN(CC)c1ccc(C(=O)NCc2ccco2)cc1. The molecule has 106 valence electrons. The second-order valence-electron chi connectivity index (χ2n) is 4.48. The number of benzene rings is 1. The molecule has 20 heavy (non-hydrogen) atoms. The average Bonchev–Trinajstić information content (AvgIpc) is 3.00. The molecule has 1 N–H and O–H groups in total. The smallest absolute Gasteiger partial charge is 0.251 e. The van der Waals surface area contributed by atoms with Gasteiger partial charge in [-0.1, -0.05) is 0 Å². The Balaban J connectivity index is 1.96. The Kier molecular flexibility index (Phi) is 4.82. The molecule has 1 heterocycles. The number of hydrogen-bond acceptors (Lipinski definition) is 3. The molecule has 2 rings (SSSR count). The van der Waals surface area contributed by atoms with Crippen molar-refractivity contribution < 1.29 is 9.21 Å². The van der Waals surface area contributed by atoms with Crippen LogP contribution in [0.5, 0.6) is 0 Å². The molecule has 0 unspecified atom stereocenters. The van der Waals surface area contributed by atoms with Gasteiger partial charge < -0.3 is 14.6 Å². The van der Waals surface area contributed by atoms with Gasteiger partial charge in [-0.2, -0.15) is 0 Å².